The summed E-state index contributed by atoms with van der Waals surface area (Å²) in [7, 11) is 0. The molecule has 0 fully saturated rings. The summed E-state index contributed by atoms with van der Waals surface area (Å²) < 4.78 is 6.36. The number of anilines is 1. The van der Waals surface area contributed by atoms with Gasteiger partial charge in [-0.2, -0.15) is 0 Å². The molecule has 0 aliphatic carbocycles. The average molecular weight is 377 g/mol. The standard InChI is InChI=1S/C17H17BrN2O3/c18-13-6-8-14(9-7-13)20-17(22)12-19-16(21)10-11-23-15-4-2-1-3-5-15/h1-9H,10-12H2,(H,19,21)(H,20,22). The molecule has 120 valence electrons. The van der Waals surface area contributed by atoms with Crippen LogP contribution in [0.15, 0.2) is 59.1 Å². The van der Waals surface area contributed by atoms with Gasteiger partial charge in [-0.15, -0.1) is 0 Å². The number of nitrogens with one attached hydrogen (secondary N) is 2. The highest BCUT2D eigenvalue weighted by Crippen LogP contribution is 2.13. The van der Waals surface area contributed by atoms with Crippen molar-refractivity contribution in [1.82, 2.24) is 5.32 Å². The Morgan fingerprint density at radius 2 is 1.65 bits per heavy atom. The molecule has 0 saturated carbocycles. The molecule has 2 amide bonds. The van der Waals surface area contributed by atoms with Crippen molar-refractivity contribution >= 4 is 33.4 Å². The average Bonchev–Trinajstić information content (AvgIpc) is 2.56. The molecule has 0 radical (unpaired) electrons. The first-order valence-electron chi connectivity index (χ1n) is 7.13. The van der Waals surface area contributed by atoms with Crippen LogP contribution in [0.2, 0.25) is 0 Å². The molecule has 2 rings (SSSR count). The zero-order valence-electron chi connectivity index (χ0n) is 12.4. The van der Waals surface area contributed by atoms with Crippen LogP contribution in [0.4, 0.5) is 5.69 Å². The Labute approximate surface area is 143 Å². The quantitative estimate of drug-likeness (QED) is 0.780. The summed E-state index contributed by atoms with van der Waals surface area (Å²) in [4.78, 5) is 23.4. The molecule has 0 saturated heterocycles. The van der Waals surface area contributed by atoms with Crippen LogP contribution in [0.1, 0.15) is 6.42 Å². The maximum Gasteiger partial charge on any atom is 0.243 e. The number of halogens is 1. The van der Waals surface area contributed by atoms with Crippen molar-refractivity contribution in [3.63, 3.8) is 0 Å². The number of carbonyl (C=O) groups is 2. The van der Waals surface area contributed by atoms with Gasteiger partial charge in [-0.25, -0.2) is 0 Å². The Morgan fingerprint density at radius 1 is 0.957 bits per heavy atom. The highest BCUT2D eigenvalue weighted by molar-refractivity contribution is 9.10. The zero-order chi connectivity index (χ0) is 16.5. The lowest BCUT2D eigenvalue weighted by molar-refractivity contribution is -0.124. The summed E-state index contributed by atoms with van der Waals surface area (Å²) >= 11 is 3.32. The first-order valence-corrected chi connectivity index (χ1v) is 7.93. The number of amides is 2. The lowest BCUT2D eigenvalue weighted by Gasteiger charge is -2.08. The van der Waals surface area contributed by atoms with Gasteiger partial charge in [0.2, 0.25) is 11.8 Å². The molecule has 0 aliphatic rings. The van der Waals surface area contributed by atoms with Crippen LogP contribution in [0.25, 0.3) is 0 Å². The van der Waals surface area contributed by atoms with Gasteiger partial charge in [-0.3, -0.25) is 9.59 Å². The first kappa shape index (κ1) is 17.0. The van der Waals surface area contributed by atoms with Crippen molar-refractivity contribution < 1.29 is 14.3 Å². The molecular weight excluding hydrogens is 360 g/mol. The summed E-state index contributed by atoms with van der Waals surface area (Å²) in [6, 6.07) is 16.5. The van der Waals surface area contributed by atoms with E-state index in [9.17, 15) is 9.59 Å². The van der Waals surface area contributed by atoms with E-state index in [1.54, 1.807) is 12.1 Å². The smallest absolute Gasteiger partial charge is 0.243 e. The third kappa shape index (κ3) is 6.52. The van der Waals surface area contributed by atoms with Gasteiger partial charge in [0.1, 0.15) is 5.75 Å². The minimum atomic E-state index is -0.273. The van der Waals surface area contributed by atoms with Crippen molar-refractivity contribution in [3.8, 4) is 5.75 Å². The van der Waals surface area contributed by atoms with Crippen LogP contribution in [-0.4, -0.2) is 25.0 Å². The fourth-order valence-electron chi connectivity index (χ4n) is 1.78. The Hall–Kier alpha value is -2.34. The molecule has 2 aromatic rings. The molecule has 0 heterocycles. The predicted octanol–water partition coefficient (Wildman–Crippen LogP) is 2.97. The number of para-hydroxylation sites is 1. The van der Waals surface area contributed by atoms with E-state index in [4.69, 9.17) is 4.74 Å². The van der Waals surface area contributed by atoms with E-state index in [1.807, 2.05) is 42.5 Å². The summed E-state index contributed by atoms with van der Waals surface area (Å²) in [6.07, 6.45) is 0.195. The van der Waals surface area contributed by atoms with Gasteiger partial charge in [0.15, 0.2) is 0 Å². The van der Waals surface area contributed by atoms with Crippen molar-refractivity contribution in [2.24, 2.45) is 0 Å². The lowest BCUT2D eigenvalue weighted by atomic mass is 10.3. The number of carbonyl (C=O) groups excluding carboxylic acids is 2. The molecule has 0 atom stereocenters. The van der Waals surface area contributed by atoms with Crippen molar-refractivity contribution in [2.45, 2.75) is 6.42 Å². The number of benzene rings is 2. The van der Waals surface area contributed by atoms with E-state index in [0.29, 0.717) is 11.4 Å². The lowest BCUT2D eigenvalue weighted by Crippen LogP contribution is -2.33. The third-order valence-corrected chi connectivity index (χ3v) is 3.44. The van der Waals surface area contributed by atoms with Crippen molar-refractivity contribution in [2.75, 3.05) is 18.5 Å². The van der Waals surface area contributed by atoms with E-state index < -0.39 is 0 Å². The van der Waals surface area contributed by atoms with Crippen LogP contribution in [0.5, 0.6) is 5.75 Å². The predicted molar refractivity (Wildman–Crippen MR) is 92.3 cm³/mol. The molecule has 6 heteroatoms. The van der Waals surface area contributed by atoms with Crippen LogP contribution >= 0.6 is 15.9 Å². The highest BCUT2D eigenvalue weighted by Gasteiger charge is 2.06. The van der Waals surface area contributed by atoms with Gasteiger partial charge in [0.05, 0.1) is 19.6 Å². The summed E-state index contributed by atoms with van der Waals surface area (Å²) in [6.45, 7) is 0.199. The summed E-state index contributed by atoms with van der Waals surface area (Å²) in [5.74, 6) is 0.213. The van der Waals surface area contributed by atoms with E-state index in [-0.39, 0.29) is 31.4 Å². The monoisotopic (exact) mass is 376 g/mol. The first-order chi connectivity index (χ1) is 11.1. The number of ether oxygens (including phenoxy) is 1. The SMILES string of the molecule is O=C(CCOc1ccccc1)NCC(=O)Nc1ccc(Br)cc1. The molecule has 23 heavy (non-hydrogen) atoms. The number of rotatable bonds is 7. The highest BCUT2D eigenvalue weighted by atomic mass is 79.9. The minimum absolute atomic E-state index is 0.0692. The molecular formula is C17H17BrN2O3. The maximum absolute atomic E-state index is 11.7. The van der Waals surface area contributed by atoms with E-state index in [0.717, 1.165) is 4.47 Å². The molecule has 0 unspecified atom stereocenters. The molecule has 0 aromatic heterocycles. The van der Waals surface area contributed by atoms with Crippen LogP contribution in [0.3, 0.4) is 0 Å². The van der Waals surface area contributed by atoms with Crippen LogP contribution in [-0.2, 0) is 9.59 Å². The second kappa shape index (κ2) is 8.95. The van der Waals surface area contributed by atoms with Crippen molar-refractivity contribution in [1.29, 1.82) is 0 Å². The molecule has 5 nitrogen and oxygen atoms in total. The number of hydrogen-bond donors (Lipinski definition) is 2. The second-order valence-electron chi connectivity index (χ2n) is 4.74. The van der Waals surface area contributed by atoms with Crippen LogP contribution < -0.4 is 15.4 Å². The van der Waals surface area contributed by atoms with Gasteiger partial charge >= 0.3 is 0 Å². The van der Waals surface area contributed by atoms with Crippen LogP contribution in [0, 0.1) is 0 Å². The summed E-state index contributed by atoms with van der Waals surface area (Å²) in [5.41, 5.74) is 0.680. The van der Waals surface area contributed by atoms with Gasteiger partial charge in [-0.05, 0) is 36.4 Å². The van der Waals surface area contributed by atoms with Gasteiger partial charge in [-0.1, -0.05) is 34.1 Å². The van der Waals surface area contributed by atoms with Gasteiger partial charge in [0.25, 0.3) is 0 Å². The Morgan fingerprint density at radius 3 is 2.35 bits per heavy atom. The van der Waals surface area contributed by atoms with Gasteiger partial charge < -0.3 is 15.4 Å². The zero-order valence-corrected chi connectivity index (χ0v) is 14.0. The normalized spacial score (nSPS) is 9.96. The topological polar surface area (TPSA) is 67.4 Å². The fourth-order valence-corrected chi connectivity index (χ4v) is 2.05. The molecule has 0 aliphatic heterocycles. The summed E-state index contributed by atoms with van der Waals surface area (Å²) in [5, 5.41) is 5.26. The largest absolute Gasteiger partial charge is 0.493 e. The molecule has 0 bridgehead atoms. The van der Waals surface area contributed by atoms with E-state index >= 15 is 0 Å². The van der Waals surface area contributed by atoms with Crippen molar-refractivity contribution in [3.05, 3.63) is 59.1 Å². The van der Waals surface area contributed by atoms with Gasteiger partial charge in [0, 0.05) is 10.2 Å². The molecule has 2 aromatic carbocycles. The second-order valence-corrected chi connectivity index (χ2v) is 5.66. The van der Waals surface area contributed by atoms with E-state index in [2.05, 4.69) is 26.6 Å². The Kier molecular flexibility index (Phi) is 6.62. The fraction of sp³-hybridized carbons (Fsp3) is 0.176. The molecule has 2 N–H and O–H groups in total. The Bertz CT molecular complexity index is 645. The third-order valence-electron chi connectivity index (χ3n) is 2.92. The molecule has 0 spiro atoms. The number of hydrogen-bond acceptors (Lipinski definition) is 3. The maximum atomic E-state index is 11.7. The van der Waals surface area contributed by atoms with E-state index in [1.165, 1.54) is 0 Å². The minimum Gasteiger partial charge on any atom is -0.493 e. The Balaban J connectivity index is 1.63.